The van der Waals surface area contributed by atoms with E-state index in [0.717, 1.165) is 4.90 Å². The fourth-order valence-electron chi connectivity index (χ4n) is 1.72. The van der Waals surface area contributed by atoms with E-state index in [9.17, 15) is 9.59 Å². The maximum Gasteiger partial charge on any atom is 0.421 e. The molecule has 0 fully saturated rings. The van der Waals surface area contributed by atoms with Gasteiger partial charge in [-0.05, 0) is 13.0 Å². The lowest BCUT2D eigenvalue weighted by Gasteiger charge is -2.13. The van der Waals surface area contributed by atoms with Gasteiger partial charge in [-0.3, -0.25) is 4.79 Å². The highest BCUT2D eigenvalue weighted by Gasteiger charge is 2.37. The zero-order valence-electron chi connectivity index (χ0n) is 9.14. The number of ether oxygens (including phenoxy) is 1. The van der Waals surface area contributed by atoms with Gasteiger partial charge in [-0.25, -0.2) is 9.69 Å². The van der Waals surface area contributed by atoms with Crippen molar-refractivity contribution in [1.29, 1.82) is 0 Å². The number of carbonyl (C=O) groups excluding carboxylic acids is 2. The third-order valence-corrected chi connectivity index (χ3v) is 2.65. The highest BCUT2D eigenvalue weighted by atomic mass is 35.5. The molecule has 0 saturated heterocycles. The lowest BCUT2D eigenvalue weighted by Crippen LogP contribution is -2.33. The Bertz CT molecular complexity index is 510. The van der Waals surface area contributed by atoms with Gasteiger partial charge in [-0.2, -0.15) is 0 Å². The summed E-state index contributed by atoms with van der Waals surface area (Å²) < 4.78 is 4.84. The van der Waals surface area contributed by atoms with Crippen molar-refractivity contribution in [3.63, 3.8) is 0 Å². The summed E-state index contributed by atoms with van der Waals surface area (Å²) in [6.45, 7) is 1.90. The van der Waals surface area contributed by atoms with E-state index in [0.29, 0.717) is 16.8 Å². The summed E-state index contributed by atoms with van der Waals surface area (Å²) >= 11 is 5.62. The van der Waals surface area contributed by atoms with Crippen molar-refractivity contribution in [1.82, 2.24) is 0 Å². The smallest absolute Gasteiger partial charge is 0.421 e. The van der Waals surface area contributed by atoms with Gasteiger partial charge in [-0.15, -0.1) is 0 Å². The zero-order chi connectivity index (χ0) is 12.4. The quantitative estimate of drug-likeness (QED) is 0.721. The molecule has 5 heteroatoms. The van der Waals surface area contributed by atoms with Gasteiger partial charge < -0.3 is 4.74 Å². The summed E-state index contributed by atoms with van der Waals surface area (Å²) in [6, 6.07) is 6.94. The molecule has 17 heavy (non-hydrogen) atoms. The zero-order valence-corrected chi connectivity index (χ0v) is 9.90. The molecular weight excluding hydrogens is 242 g/mol. The number of para-hydroxylation sites is 1. The van der Waals surface area contributed by atoms with Crippen LogP contribution in [0.3, 0.4) is 0 Å². The van der Waals surface area contributed by atoms with Crippen LogP contribution in [0.25, 0.3) is 5.57 Å². The molecule has 0 unspecified atom stereocenters. The van der Waals surface area contributed by atoms with Gasteiger partial charge >= 0.3 is 6.09 Å². The van der Waals surface area contributed by atoms with Crippen LogP contribution in [0.4, 0.5) is 10.5 Å². The van der Waals surface area contributed by atoms with Crippen LogP contribution in [0, 0.1) is 0 Å². The Morgan fingerprint density at radius 2 is 2.18 bits per heavy atom. The minimum atomic E-state index is -0.682. The van der Waals surface area contributed by atoms with Crippen LogP contribution in [-0.2, 0) is 9.53 Å². The summed E-state index contributed by atoms with van der Waals surface area (Å²) in [4.78, 5) is 24.7. The number of carbonyl (C=O) groups is 2. The molecule has 0 aromatic heterocycles. The topological polar surface area (TPSA) is 46.6 Å². The van der Waals surface area contributed by atoms with Gasteiger partial charge in [0.1, 0.15) is 0 Å². The standard InChI is InChI=1S/C12H10ClNO3/c1-2-17-12(16)14-10-6-4-3-5-8(10)9(7-13)11(14)15/h3-7H,2H2,1H3/b9-7-. The number of rotatable bonds is 1. The van der Waals surface area contributed by atoms with Crippen LogP contribution in [-0.4, -0.2) is 18.6 Å². The first kappa shape index (κ1) is 11.7. The van der Waals surface area contributed by atoms with Gasteiger partial charge in [0.25, 0.3) is 5.91 Å². The van der Waals surface area contributed by atoms with Crippen molar-refractivity contribution in [3.8, 4) is 0 Å². The Morgan fingerprint density at radius 1 is 1.47 bits per heavy atom. The van der Waals surface area contributed by atoms with E-state index in [1.165, 1.54) is 5.54 Å². The first-order valence-electron chi connectivity index (χ1n) is 5.11. The molecule has 0 saturated carbocycles. The molecule has 0 radical (unpaired) electrons. The summed E-state index contributed by atoms with van der Waals surface area (Å²) in [5, 5.41) is 0. The Hall–Kier alpha value is -1.81. The minimum Gasteiger partial charge on any atom is -0.449 e. The number of hydrogen-bond donors (Lipinski definition) is 0. The van der Waals surface area contributed by atoms with E-state index in [1.807, 2.05) is 0 Å². The van der Waals surface area contributed by atoms with Crippen LogP contribution in [0.1, 0.15) is 12.5 Å². The van der Waals surface area contributed by atoms with Crippen molar-refractivity contribution < 1.29 is 14.3 Å². The maximum absolute atomic E-state index is 12.0. The van der Waals surface area contributed by atoms with E-state index in [4.69, 9.17) is 16.3 Å². The van der Waals surface area contributed by atoms with E-state index in [-0.39, 0.29) is 6.61 Å². The second kappa shape index (κ2) is 4.59. The Balaban J connectivity index is 2.50. The molecule has 2 rings (SSSR count). The predicted molar refractivity (Wildman–Crippen MR) is 64.8 cm³/mol. The molecule has 1 aromatic carbocycles. The largest absolute Gasteiger partial charge is 0.449 e. The molecule has 88 valence electrons. The number of nitrogens with zero attached hydrogens (tertiary/aromatic N) is 1. The fraction of sp³-hybridized carbons (Fsp3) is 0.167. The molecule has 1 aliphatic heterocycles. The van der Waals surface area contributed by atoms with Gasteiger partial charge in [0, 0.05) is 11.1 Å². The van der Waals surface area contributed by atoms with Crippen molar-refractivity contribution in [2.45, 2.75) is 6.92 Å². The number of amides is 2. The van der Waals surface area contributed by atoms with Crippen molar-refractivity contribution >= 4 is 34.9 Å². The van der Waals surface area contributed by atoms with Crippen LogP contribution < -0.4 is 4.90 Å². The van der Waals surface area contributed by atoms with Gasteiger partial charge in [0.15, 0.2) is 0 Å². The average molecular weight is 252 g/mol. The number of benzene rings is 1. The first-order chi connectivity index (χ1) is 8.20. The minimum absolute atomic E-state index is 0.213. The number of hydrogen-bond acceptors (Lipinski definition) is 3. The summed E-state index contributed by atoms with van der Waals surface area (Å²) in [7, 11) is 0. The molecule has 0 spiro atoms. The second-order valence-electron chi connectivity index (χ2n) is 3.38. The van der Waals surface area contributed by atoms with Crippen LogP contribution in [0.15, 0.2) is 29.8 Å². The van der Waals surface area contributed by atoms with Gasteiger partial charge in [0.2, 0.25) is 0 Å². The second-order valence-corrected chi connectivity index (χ2v) is 3.60. The predicted octanol–water partition coefficient (Wildman–Crippen LogP) is 2.77. The highest BCUT2D eigenvalue weighted by Crippen LogP contribution is 2.37. The highest BCUT2D eigenvalue weighted by molar-refractivity contribution is 6.44. The molecule has 0 N–H and O–H groups in total. The Morgan fingerprint density at radius 3 is 2.82 bits per heavy atom. The summed E-state index contributed by atoms with van der Waals surface area (Å²) in [5.41, 5.74) is 2.62. The van der Waals surface area contributed by atoms with Crippen molar-refractivity contribution in [2.75, 3.05) is 11.5 Å². The molecule has 1 aliphatic rings. The summed E-state index contributed by atoms with van der Waals surface area (Å²) in [6.07, 6.45) is -0.682. The van der Waals surface area contributed by atoms with E-state index in [2.05, 4.69) is 0 Å². The maximum atomic E-state index is 12.0. The molecule has 0 atom stereocenters. The molecule has 4 nitrogen and oxygen atoms in total. The monoisotopic (exact) mass is 251 g/mol. The molecule has 0 bridgehead atoms. The van der Waals surface area contributed by atoms with Gasteiger partial charge in [-0.1, -0.05) is 29.8 Å². The molecule has 1 heterocycles. The first-order valence-corrected chi connectivity index (χ1v) is 5.55. The Kier molecular flexibility index (Phi) is 3.15. The number of halogens is 1. The molecule has 1 aromatic rings. The average Bonchev–Trinajstić information content (AvgIpc) is 2.61. The van der Waals surface area contributed by atoms with E-state index >= 15 is 0 Å². The Labute approximate surface area is 103 Å². The number of imide groups is 1. The van der Waals surface area contributed by atoms with Crippen LogP contribution >= 0.6 is 11.6 Å². The van der Waals surface area contributed by atoms with Crippen molar-refractivity contribution in [3.05, 3.63) is 35.4 Å². The molecule has 2 amide bonds. The lowest BCUT2D eigenvalue weighted by atomic mass is 10.1. The van der Waals surface area contributed by atoms with Gasteiger partial charge in [0.05, 0.1) is 17.9 Å². The third-order valence-electron chi connectivity index (χ3n) is 2.43. The van der Waals surface area contributed by atoms with Crippen LogP contribution in [0.2, 0.25) is 0 Å². The SMILES string of the molecule is CCOC(=O)N1C(=O)/C(=C\Cl)c2ccccc21. The van der Waals surface area contributed by atoms with Crippen LogP contribution in [0.5, 0.6) is 0 Å². The third kappa shape index (κ3) is 1.80. The molecule has 0 aliphatic carbocycles. The number of anilines is 1. The lowest BCUT2D eigenvalue weighted by molar-refractivity contribution is -0.112. The van der Waals surface area contributed by atoms with Crippen molar-refractivity contribution in [2.24, 2.45) is 0 Å². The van der Waals surface area contributed by atoms with E-state index in [1.54, 1.807) is 31.2 Å². The normalized spacial score (nSPS) is 16.2. The molecular formula is C12H10ClNO3. The summed E-state index contributed by atoms with van der Waals surface area (Å²) in [5.74, 6) is -0.459. The number of fused-ring (bicyclic) bond motifs is 1. The fourth-order valence-corrected chi connectivity index (χ4v) is 1.93. The van der Waals surface area contributed by atoms with E-state index < -0.39 is 12.0 Å².